The molecule has 0 saturated carbocycles. The van der Waals surface area contributed by atoms with Gasteiger partial charge in [0.15, 0.2) is 5.58 Å². The number of fused-ring (bicyclic) bond motifs is 5. The van der Waals surface area contributed by atoms with E-state index in [1.165, 1.54) is 53.7 Å². The van der Waals surface area contributed by atoms with Gasteiger partial charge in [-0.1, -0.05) is 57.2 Å². The maximum absolute atomic E-state index is 6.68. The molecule has 3 aromatic carbocycles. The van der Waals surface area contributed by atoms with Crippen molar-refractivity contribution in [3.63, 3.8) is 0 Å². The number of nitrogens with zero attached hydrogens (tertiary/aromatic N) is 1. The highest BCUT2D eigenvalue weighted by Crippen LogP contribution is 2.43. The zero-order valence-corrected chi connectivity index (χ0v) is 22.9. The largest absolute Gasteiger partial charge is 0.454 e. The van der Waals surface area contributed by atoms with Crippen molar-refractivity contribution in [2.24, 2.45) is 0 Å². The van der Waals surface area contributed by atoms with E-state index in [9.17, 15) is 0 Å². The van der Waals surface area contributed by atoms with E-state index in [2.05, 4.69) is 109 Å². The Hall–Kier alpha value is -3.43. The van der Waals surface area contributed by atoms with Gasteiger partial charge >= 0.3 is 0 Å². The Morgan fingerprint density at radius 2 is 1.42 bits per heavy atom. The molecule has 3 aromatic heterocycles. The van der Waals surface area contributed by atoms with Crippen LogP contribution in [0.15, 0.2) is 65.2 Å². The van der Waals surface area contributed by atoms with E-state index in [1.54, 1.807) is 0 Å². The Morgan fingerprint density at radius 1 is 0.750 bits per heavy atom. The van der Waals surface area contributed by atoms with Crippen molar-refractivity contribution in [2.75, 3.05) is 0 Å². The first-order chi connectivity index (χ1) is 17.1. The van der Waals surface area contributed by atoms with Gasteiger partial charge in [0.05, 0.1) is 10.4 Å². The summed E-state index contributed by atoms with van der Waals surface area (Å²) in [6.07, 6.45) is 2.07. The lowest BCUT2D eigenvalue weighted by molar-refractivity contribution is 0.589. The highest BCUT2D eigenvalue weighted by Gasteiger charge is 2.23. The van der Waals surface area contributed by atoms with E-state index < -0.39 is 0 Å². The fraction of sp³-hybridized carbons (Fsp3) is 0.242. The molecule has 0 radical (unpaired) electrons. The van der Waals surface area contributed by atoms with E-state index in [-0.39, 0.29) is 5.41 Å². The Morgan fingerprint density at radius 3 is 2.14 bits per heavy atom. The number of furan rings is 1. The lowest BCUT2D eigenvalue weighted by Gasteiger charge is -2.25. The van der Waals surface area contributed by atoms with Gasteiger partial charge in [-0.2, -0.15) is 0 Å². The average Bonchev–Trinajstić information content (AvgIpc) is 3.35. The number of pyridine rings is 1. The SMILES string of the molecule is Cc1cccc(C)c1-c1cc(-c2cccc3c2oc2c3ccc3c(C)c(C)sc32)ncc1C(C)(C)C. The molecule has 0 saturated heterocycles. The highest BCUT2D eigenvalue weighted by atomic mass is 32.1. The molecule has 6 rings (SSSR count). The number of benzene rings is 3. The van der Waals surface area contributed by atoms with E-state index in [4.69, 9.17) is 9.40 Å². The number of rotatable bonds is 2. The highest BCUT2D eigenvalue weighted by molar-refractivity contribution is 7.20. The maximum Gasteiger partial charge on any atom is 0.153 e. The predicted molar refractivity (Wildman–Crippen MR) is 155 cm³/mol. The average molecular weight is 490 g/mol. The van der Waals surface area contributed by atoms with Crippen molar-refractivity contribution in [1.29, 1.82) is 0 Å². The zero-order valence-electron chi connectivity index (χ0n) is 22.0. The Labute approximate surface area is 216 Å². The van der Waals surface area contributed by atoms with Gasteiger partial charge < -0.3 is 4.42 Å². The van der Waals surface area contributed by atoms with Gasteiger partial charge in [0.25, 0.3) is 0 Å². The standard InChI is InChI=1S/C33H31NOS/c1-18-10-8-11-19(2)29(18)26-16-28(34-17-27(26)33(5,6)7)25-13-9-12-23-24-15-14-22-20(3)21(4)36-32(22)31(24)35-30(23)25/h8-17H,1-7H3. The molecule has 0 unspecified atom stereocenters. The maximum atomic E-state index is 6.68. The van der Waals surface area contributed by atoms with Gasteiger partial charge in [-0.25, -0.2) is 0 Å². The molecule has 0 fully saturated rings. The topological polar surface area (TPSA) is 26.0 Å². The van der Waals surface area contributed by atoms with Crippen LogP contribution in [0.4, 0.5) is 0 Å². The second kappa shape index (κ2) is 8.04. The molecule has 36 heavy (non-hydrogen) atoms. The molecule has 0 aliphatic carbocycles. The molecule has 6 aromatic rings. The second-order valence-electron chi connectivity index (χ2n) is 11.0. The quantitative estimate of drug-likeness (QED) is 0.242. The first-order valence-electron chi connectivity index (χ1n) is 12.6. The van der Waals surface area contributed by atoms with Crippen molar-refractivity contribution in [1.82, 2.24) is 4.98 Å². The molecule has 0 bridgehead atoms. The predicted octanol–water partition coefficient (Wildman–Crippen LogP) is 10.1. The number of aryl methyl sites for hydroxylation is 4. The van der Waals surface area contributed by atoms with Crippen molar-refractivity contribution < 1.29 is 4.42 Å². The van der Waals surface area contributed by atoms with Crippen molar-refractivity contribution >= 4 is 43.4 Å². The van der Waals surface area contributed by atoms with Gasteiger partial charge in [-0.3, -0.25) is 4.98 Å². The Kier molecular flexibility index (Phi) is 5.14. The monoisotopic (exact) mass is 489 g/mol. The van der Waals surface area contributed by atoms with Crippen molar-refractivity contribution in [3.05, 3.63) is 87.9 Å². The first-order valence-corrected chi connectivity index (χ1v) is 13.4. The van der Waals surface area contributed by atoms with E-state index in [1.807, 2.05) is 11.3 Å². The van der Waals surface area contributed by atoms with Crippen LogP contribution in [0.25, 0.3) is 54.4 Å². The van der Waals surface area contributed by atoms with Crippen LogP contribution in [0.5, 0.6) is 0 Å². The van der Waals surface area contributed by atoms with Crippen LogP contribution in [0.3, 0.4) is 0 Å². The number of para-hydroxylation sites is 1. The van der Waals surface area contributed by atoms with Crippen molar-refractivity contribution in [3.8, 4) is 22.4 Å². The molecule has 0 N–H and O–H groups in total. The molecule has 3 heteroatoms. The van der Waals surface area contributed by atoms with Gasteiger partial charge in [0.1, 0.15) is 5.58 Å². The number of hydrogen-bond donors (Lipinski definition) is 0. The van der Waals surface area contributed by atoms with E-state index >= 15 is 0 Å². The molecule has 0 aliphatic heterocycles. The smallest absolute Gasteiger partial charge is 0.153 e. The molecule has 0 spiro atoms. The third-order valence-corrected chi connectivity index (χ3v) is 8.77. The molecule has 0 atom stereocenters. The van der Waals surface area contributed by atoms with Crippen molar-refractivity contribution in [2.45, 2.75) is 53.9 Å². The van der Waals surface area contributed by atoms with Gasteiger partial charge in [-0.15, -0.1) is 11.3 Å². The molecule has 180 valence electrons. The molecular formula is C33H31NOS. The summed E-state index contributed by atoms with van der Waals surface area (Å²) in [4.78, 5) is 6.35. The third-order valence-electron chi connectivity index (χ3n) is 7.55. The summed E-state index contributed by atoms with van der Waals surface area (Å²) in [7, 11) is 0. The van der Waals surface area contributed by atoms with Gasteiger partial charge in [0, 0.05) is 27.4 Å². The van der Waals surface area contributed by atoms with Crippen LogP contribution < -0.4 is 0 Å². The molecule has 3 heterocycles. The second-order valence-corrected chi connectivity index (χ2v) is 12.2. The first kappa shape index (κ1) is 23.0. The summed E-state index contributed by atoms with van der Waals surface area (Å²) >= 11 is 1.82. The van der Waals surface area contributed by atoms with Crippen LogP contribution in [-0.4, -0.2) is 4.98 Å². The number of aromatic nitrogens is 1. The minimum absolute atomic E-state index is 0.0263. The normalized spacial score (nSPS) is 12.3. The summed E-state index contributed by atoms with van der Waals surface area (Å²) in [5.74, 6) is 0. The van der Waals surface area contributed by atoms with Crippen LogP contribution in [-0.2, 0) is 5.41 Å². The number of thiophene rings is 1. The minimum Gasteiger partial charge on any atom is -0.454 e. The Bertz CT molecular complexity index is 1790. The van der Waals surface area contributed by atoms with Crippen LogP contribution >= 0.6 is 11.3 Å². The molecule has 0 aliphatic rings. The van der Waals surface area contributed by atoms with Crippen LogP contribution in [0, 0.1) is 27.7 Å². The summed E-state index contributed by atoms with van der Waals surface area (Å²) < 4.78 is 7.91. The number of hydrogen-bond acceptors (Lipinski definition) is 3. The van der Waals surface area contributed by atoms with Crippen LogP contribution in [0.1, 0.15) is 47.9 Å². The third kappa shape index (κ3) is 3.41. The van der Waals surface area contributed by atoms with E-state index in [0.717, 1.165) is 27.8 Å². The fourth-order valence-electron chi connectivity index (χ4n) is 5.50. The Balaban J connectivity index is 1.65. The summed E-state index contributed by atoms with van der Waals surface area (Å²) in [6, 6.07) is 19.7. The lowest BCUT2D eigenvalue weighted by atomic mass is 9.80. The summed E-state index contributed by atoms with van der Waals surface area (Å²) in [6.45, 7) is 15.6. The zero-order chi connectivity index (χ0) is 25.4. The minimum atomic E-state index is -0.0263. The molecule has 0 amide bonds. The summed E-state index contributed by atoms with van der Waals surface area (Å²) in [5, 5.41) is 3.60. The van der Waals surface area contributed by atoms with E-state index in [0.29, 0.717) is 0 Å². The van der Waals surface area contributed by atoms with Gasteiger partial charge in [-0.05, 0) is 90.1 Å². The molecular weight excluding hydrogens is 458 g/mol. The van der Waals surface area contributed by atoms with Gasteiger partial charge in [0.2, 0.25) is 0 Å². The molecule has 2 nitrogen and oxygen atoms in total. The fourth-order valence-corrected chi connectivity index (χ4v) is 6.65. The summed E-state index contributed by atoms with van der Waals surface area (Å²) in [5.41, 5.74) is 11.6. The van der Waals surface area contributed by atoms with Crippen LogP contribution in [0.2, 0.25) is 0 Å². The lowest BCUT2D eigenvalue weighted by Crippen LogP contribution is -2.14.